The minimum absolute atomic E-state index is 0.195. The molecule has 204 valence electrons. The number of ether oxygens (including phenoxy) is 2. The van der Waals surface area contributed by atoms with Crippen molar-refractivity contribution in [3.05, 3.63) is 83.0 Å². The van der Waals surface area contributed by atoms with Gasteiger partial charge in [0.2, 0.25) is 0 Å². The van der Waals surface area contributed by atoms with Gasteiger partial charge in [-0.2, -0.15) is 0 Å². The Morgan fingerprint density at radius 3 is 2.56 bits per heavy atom. The average molecular weight is 567 g/mol. The van der Waals surface area contributed by atoms with Crippen molar-refractivity contribution in [2.45, 2.75) is 18.4 Å². The van der Waals surface area contributed by atoms with E-state index in [0.717, 1.165) is 29.8 Å². The highest BCUT2D eigenvalue weighted by Crippen LogP contribution is 2.31. The summed E-state index contributed by atoms with van der Waals surface area (Å²) in [5.41, 5.74) is 3.60. The summed E-state index contributed by atoms with van der Waals surface area (Å²) < 4.78 is 34.7. The Bertz CT molecular complexity index is 1550. The quantitative estimate of drug-likeness (QED) is 0.269. The molecule has 0 aliphatic carbocycles. The Balaban J connectivity index is 1.59. The van der Waals surface area contributed by atoms with Crippen molar-refractivity contribution in [2.75, 3.05) is 38.9 Å². The number of nitrogens with one attached hydrogen (secondary N) is 1. The molecular formula is C28H30N4O5S2. The first kappa shape index (κ1) is 28.4. The number of pyridine rings is 1. The number of carbonyl (C=O) groups excluding carboxylic acids is 1. The van der Waals surface area contributed by atoms with Crippen molar-refractivity contribution in [1.29, 1.82) is 0 Å². The van der Waals surface area contributed by atoms with Gasteiger partial charge in [0.1, 0.15) is 11.5 Å². The predicted molar refractivity (Wildman–Crippen MR) is 152 cm³/mol. The first-order valence-corrected chi connectivity index (χ1v) is 14.9. The van der Waals surface area contributed by atoms with E-state index in [-0.39, 0.29) is 10.8 Å². The van der Waals surface area contributed by atoms with Gasteiger partial charge < -0.3 is 9.47 Å². The molecule has 4 aromatic rings. The summed E-state index contributed by atoms with van der Waals surface area (Å²) in [7, 11) is 0.323. The molecule has 2 aromatic heterocycles. The second-order valence-corrected chi connectivity index (χ2v) is 12.0. The lowest BCUT2D eigenvalue weighted by molar-refractivity contribution is 0.102. The normalized spacial score (nSPS) is 11.5. The molecule has 0 saturated carbocycles. The summed E-state index contributed by atoms with van der Waals surface area (Å²) in [5.74, 6) is 0.511. The number of aryl methyl sites for hydroxylation is 1. The SMILES string of the molecule is COCCN(C)Cc1csc(NC(=O)c2cc(Oc3ccc(S(C)(=O)=O)cc3)cc(-c3ncccc3C)c2)n1. The van der Waals surface area contributed by atoms with Crippen molar-refractivity contribution < 1.29 is 22.7 Å². The van der Waals surface area contributed by atoms with Crippen molar-refractivity contribution >= 4 is 32.2 Å². The van der Waals surface area contributed by atoms with Gasteiger partial charge in [-0.3, -0.25) is 20.0 Å². The average Bonchev–Trinajstić information content (AvgIpc) is 3.33. The summed E-state index contributed by atoms with van der Waals surface area (Å²) in [6.07, 6.45) is 2.85. The molecule has 2 aromatic carbocycles. The molecule has 9 nitrogen and oxygen atoms in total. The molecule has 0 aliphatic heterocycles. The Morgan fingerprint density at radius 1 is 1.10 bits per heavy atom. The highest BCUT2D eigenvalue weighted by Gasteiger charge is 2.16. The van der Waals surface area contributed by atoms with Crippen molar-refractivity contribution in [3.63, 3.8) is 0 Å². The van der Waals surface area contributed by atoms with E-state index in [1.54, 1.807) is 43.6 Å². The van der Waals surface area contributed by atoms with Gasteiger partial charge in [0, 0.05) is 49.2 Å². The zero-order valence-corrected chi connectivity index (χ0v) is 23.8. The lowest BCUT2D eigenvalue weighted by atomic mass is 10.0. The Kier molecular flexibility index (Phi) is 9.08. The number of hydrogen-bond acceptors (Lipinski definition) is 9. The molecule has 0 fully saturated rings. The summed E-state index contributed by atoms with van der Waals surface area (Å²) in [6, 6.07) is 15.1. The number of anilines is 1. The van der Waals surface area contributed by atoms with Crippen LogP contribution in [0, 0.1) is 6.92 Å². The Morgan fingerprint density at radius 2 is 1.87 bits per heavy atom. The smallest absolute Gasteiger partial charge is 0.257 e. The second kappa shape index (κ2) is 12.5. The van der Waals surface area contributed by atoms with E-state index < -0.39 is 9.84 Å². The van der Waals surface area contributed by atoms with Crippen LogP contribution in [0.1, 0.15) is 21.6 Å². The zero-order chi connectivity index (χ0) is 28.0. The van der Waals surface area contributed by atoms with E-state index in [2.05, 4.69) is 20.2 Å². The van der Waals surface area contributed by atoms with E-state index in [1.807, 2.05) is 31.5 Å². The number of sulfone groups is 1. The molecule has 39 heavy (non-hydrogen) atoms. The number of likely N-dealkylation sites (N-methyl/N-ethyl adjacent to an activating group) is 1. The molecule has 1 N–H and O–H groups in total. The predicted octanol–water partition coefficient (Wildman–Crippen LogP) is 5.04. The lowest BCUT2D eigenvalue weighted by Crippen LogP contribution is -2.22. The third-order valence-corrected chi connectivity index (χ3v) is 7.76. The number of carbonyl (C=O) groups is 1. The lowest BCUT2D eigenvalue weighted by Gasteiger charge is -2.14. The molecular weight excluding hydrogens is 536 g/mol. The summed E-state index contributed by atoms with van der Waals surface area (Å²) >= 11 is 1.36. The third-order valence-electron chi connectivity index (χ3n) is 5.82. The van der Waals surface area contributed by atoms with E-state index in [4.69, 9.17) is 9.47 Å². The van der Waals surface area contributed by atoms with Crippen molar-refractivity contribution in [2.24, 2.45) is 0 Å². The van der Waals surface area contributed by atoms with Crippen LogP contribution < -0.4 is 10.1 Å². The van der Waals surface area contributed by atoms with Gasteiger partial charge in [-0.15, -0.1) is 11.3 Å². The van der Waals surface area contributed by atoms with Crippen molar-refractivity contribution in [3.8, 4) is 22.8 Å². The van der Waals surface area contributed by atoms with Crippen LogP contribution in [0.5, 0.6) is 11.5 Å². The minimum Gasteiger partial charge on any atom is -0.457 e. The highest BCUT2D eigenvalue weighted by atomic mass is 32.2. The van der Waals surface area contributed by atoms with E-state index in [9.17, 15) is 13.2 Å². The Labute approximate surface area is 232 Å². The fourth-order valence-electron chi connectivity index (χ4n) is 3.81. The molecule has 0 saturated heterocycles. The number of thiazole rings is 1. The monoisotopic (exact) mass is 566 g/mol. The maximum Gasteiger partial charge on any atom is 0.257 e. The number of methoxy groups -OCH3 is 1. The summed E-state index contributed by atoms with van der Waals surface area (Å²) in [5, 5.41) is 5.30. The fraction of sp³-hybridized carbons (Fsp3) is 0.250. The van der Waals surface area contributed by atoms with Gasteiger partial charge in [0.25, 0.3) is 5.91 Å². The van der Waals surface area contributed by atoms with Crippen LogP contribution in [0.15, 0.2) is 71.1 Å². The van der Waals surface area contributed by atoms with Crippen LogP contribution in [0.2, 0.25) is 0 Å². The van der Waals surface area contributed by atoms with Gasteiger partial charge >= 0.3 is 0 Å². The standard InChI is InChI=1S/C28H30N4O5S2/c1-19-6-5-11-29-26(19)20-14-21(16-24(15-20)37-23-7-9-25(10-8-23)39(4,34)35)27(33)31-28-30-22(18-38-28)17-32(2)12-13-36-3/h5-11,14-16,18H,12-13,17H2,1-4H3,(H,30,31,33). The summed E-state index contributed by atoms with van der Waals surface area (Å²) in [4.78, 5) is 24.6. The maximum absolute atomic E-state index is 13.3. The largest absolute Gasteiger partial charge is 0.457 e. The molecule has 0 radical (unpaired) electrons. The van der Waals surface area contributed by atoms with Crippen LogP contribution in [-0.4, -0.2) is 62.8 Å². The number of nitrogens with zero attached hydrogens (tertiary/aromatic N) is 3. The third kappa shape index (κ3) is 7.70. The molecule has 1 amide bonds. The minimum atomic E-state index is -3.33. The zero-order valence-electron chi connectivity index (χ0n) is 22.2. The van der Waals surface area contributed by atoms with E-state index in [1.165, 1.54) is 23.5 Å². The molecule has 0 atom stereocenters. The number of rotatable bonds is 11. The molecule has 0 aliphatic rings. The molecule has 2 heterocycles. The van der Waals surface area contributed by atoms with Crippen LogP contribution >= 0.6 is 11.3 Å². The van der Waals surface area contributed by atoms with Crippen LogP contribution in [0.3, 0.4) is 0 Å². The van der Waals surface area contributed by atoms with Crippen LogP contribution in [0.4, 0.5) is 5.13 Å². The van der Waals surface area contributed by atoms with Crippen LogP contribution in [0.25, 0.3) is 11.3 Å². The molecule has 0 unspecified atom stereocenters. The topological polar surface area (TPSA) is 111 Å². The first-order valence-electron chi connectivity index (χ1n) is 12.1. The number of amides is 1. The fourth-order valence-corrected chi connectivity index (χ4v) is 5.14. The number of aromatic nitrogens is 2. The highest BCUT2D eigenvalue weighted by molar-refractivity contribution is 7.90. The van der Waals surface area contributed by atoms with Crippen LogP contribution in [-0.2, 0) is 21.1 Å². The molecule has 11 heteroatoms. The second-order valence-electron chi connectivity index (χ2n) is 9.09. The van der Waals surface area contributed by atoms with Gasteiger partial charge in [0.15, 0.2) is 15.0 Å². The molecule has 0 bridgehead atoms. The van der Waals surface area contributed by atoms with Gasteiger partial charge in [0.05, 0.1) is 22.9 Å². The van der Waals surface area contributed by atoms with Gasteiger partial charge in [-0.05, 0) is 68.1 Å². The van der Waals surface area contributed by atoms with Gasteiger partial charge in [-0.25, -0.2) is 13.4 Å². The number of hydrogen-bond donors (Lipinski definition) is 1. The van der Waals surface area contributed by atoms with E-state index in [0.29, 0.717) is 40.9 Å². The van der Waals surface area contributed by atoms with Crippen molar-refractivity contribution in [1.82, 2.24) is 14.9 Å². The maximum atomic E-state index is 13.3. The molecule has 0 spiro atoms. The number of benzene rings is 2. The summed E-state index contributed by atoms with van der Waals surface area (Å²) in [6.45, 7) is 3.98. The Hall–Kier alpha value is -3.64. The van der Waals surface area contributed by atoms with Gasteiger partial charge in [-0.1, -0.05) is 6.07 Å². The van der Waals surface area contributed by atoms with E-state index >= 15 is 0 Å². The first-order chi connectivity index (χ1) is 18.6. The molecule has 4 rings (SSSR count).